The minimum atomic E-state index is -0.904. The smallest absolute Gasteiger partial charge is 0.295 e. The van der Waals surface area contributed by atoms with Crippen LogP contribution in [0.3, 0.4) is 0 Å². The van der Waals surface area contributed by atoms with Gasteiger partial charge >= 0.3 is 0 Å². The van der Waals surface area contributed by atoms with Crippen molar-refractivity contribution >= 4 is 28.6 Å². The molecule has 0 bridgehead atoms. The second kappa shape index (κ2) is 10.1. The highest BCUT2D eigenvalue weighted by molar-refractivity contribution is 7.09. The number of hydrogen-bond acceptors (Lipinski definition) is 7. The van der Waals surface area contributed by atoms with Gasteiger partial charge in [-0.25, -0.2) is 4.39 Å². The highest BCUT2D eigenvalue weighted by atomic mass is 32.1. The molecule has 2 aromatic carbocycles. The van der Waals surface area contributed by atoms with Crippen molar-refractivity contribution in [2.24, 2.45) is 0 Å². The summed E-state index contributed by atoms with van der Waals surface area (Å²) in [7, 11) is 1.52. The molecule has 1 amide bonds. The molecule has 3 rings (SSSR count). The van der Waals surface area contributed by atoms with E-state index in [1.54, 1.807) is 36.5 Å². The van der Waals surface area contributed by atoms with Gasteiger partial charge in [0, 0.05) is 18.0 Å². The van der Waals surface area contributed by atoms with Crippen molar-refractivity contribution in [3.05, 3.63) is 79.8 Å². The van der Waals surface area contributed by atoms with Gasteiger partial charge in [-0.05, 0) is 42.1 Å². The molecule has 1 heterocycles. The zero-order valence-corrected chi connectivity index (χ0v) is 18.4. The molecule has 0 atom stereocenters. The van der Waals surface area contributed by atoms with Crippen LogP contribution < -0.4 is 15.2 Å². The zero-order chi connectivity index (χ0) is 23.3. The molecule has 0 radical (unpaired) electrons. The molecule has 8 nitrogen and oxygen atoms in total. The van der Waals surface area contributed by atoms with Crippen LogP contribution in [-0.2, 0) is 13.2 Å². The Labute approximate surface area is 188 Å². The molecule has 0 aliphatic heterocycles. The summed E-state index contributed by atoms with van der Waals surface area (Å²) in [6.07, 6.45) is 0. The first-order valence-corrected chi connectivity index (χ1v) is 10.6. The Morgan fingerprint density at radius 3 is 2.66 bits per heavy atom. The number of anilines is 1. The van der Waals surface area contributed by atoms with Crippen molar-refractivity contribution in [1.82, 2.24) is 4.90 Å². The summed E-state index contributed by atoms with van der Waals surface area (Å²) in [5.74, 6) is -0.448. The van der Waals surface area contributed by atoms with Gasteiger partial charge in [0.2, 0.25) is 0 Å². The summed E-state index contributed by atoms with van der Waals surface area (Å²) in [5.41, 5.74) is 5.27. The third-order valence-electron chi connectivity index (χ3n) is 4.77. The Kier molecular flexibility index (Phi) is 7.26. The number of nitro groups is 1. The second-order valence-corrected chi connectivity index (χ2v) is 7.85. The summed E-state index contributed by atoms with van der Waals surface area (Å²) < 4.78 is 25.1. The van der Waals surface area contributed by atoms with Crippen LogP contribution in [0.15, 0.2) is 47.8 Å². The van der Waals surface area contributed by atoms with Gasteiger partial charge in [0.15, 0.2) is 11.5 Å². The largest absolute Gasteiger partial charge is 0.493 e. The number of halogens is 1. The molecule has 1 aromatic heterocycles. The van der Waals surface area contributed by atoms with Crippen LogP contribution in [0.2, 0.25) is 0 Å². The molecule has 3 aromatic rings. The minimum absolute atomic E-state index is 0.167. The summed E-state index contributed by atoms with van der Waals surface area (Å²) in [6, 6.07) is 10.8. The van der Waals surface area contributed by atoms with E-state index < -0.39 is 22.3 Å². The quantitative estimate of drug-likeness (QED) is 0.284. The molecule has 32 heavy (non-hydrogen) atoms. The molecule has 10 heteroatoms. The van der Waals surface area contributed by atoms with E-state index in [0.29, 0.717) is 24.2 Å². The lowest BCUT2D eigenvalue weighted by molar-refractivity contribution is -0.384. The number of thiophene rings is 1. The fourth-order valence-electron chi connectivity index (χ4n) is 3.12. The van der Waals surface area contributed by atoms with Crippen molar-refractivity contribution in [3.63, 3.8) is 0 Å². The van der Waals surface area contributed by atoms with Gasteiger partial charge in [-0.1, -0.05) is 12.1 Å². The molecule has 0 spiro atoms. The number of nitrogens with two attached hydrogens (primary N) is 1. The van der Waals surface area contributed by atoms with Crippen LogP contribution in [0.5, 0.6) is 11.5 Å². The van der Waals surface area contributed by atoms with Crippen LogP contribution in [0.1, 0.15) is 27.7 Å². The van der Waals surface area contributed by atoms with Gasteiger partial charge < -0.3 is 20.1 Å². The summed E-state index contributed by atoms with van der Waals surface area (Å²) in [6.45, 7) is 2.60. The van der Waals surface area contributed by atoms with Gasteiger partial charge in [-0.3, -0.25) is 14.9 Å². The standard InChI is InChI=1S/C22H22FN3O5S/c1-3-25(22(27)17-10-15(23)11-18(21(17)24)26(28)29)12-14-6-7-19(20(9-14)30-2)31-13-16-5-4-8-32-16/h4-11H,3,12-13,24H2,1-2H3. The van der Waals surface area contributed by atoms with Crippen LogP contribution in [0, 0.1) is 15.9 Å². The van der Waals surface area contributed by atoms with E-state index in [4.69, 9.17) is 15.2 Å². The SMILES string of the molecule is CCN(Cc1ccc(OCc2cccs2)c(OC)c1)C(=O)c1cc(F)cc([N+](=O)[O-])c1N. The number of ether oxygens (including phenoxy) is 2. The van der Waals surface area contributed by atoms with Gasteiger partial charge in [0.1, 0.15) is 18.1 Å². The Morgan fingerprint density at radius 1 is 1.25 bits per heavy atom. The van der Waals surface area contributed by atoms with E-state index in [9.17, 15) is 19.3 Å². The monoisotopic (exact) mass is 459 g/mol. The van der Waals surface area contributed by atoms with Crippen molar-refractivity contribution in [2.75, 3.05) is 19.4 Å². The van der Waals surface area contributed by atoms with E-state index in [-0.39, 0.29) is 24.3 Å². The molecule has 2 N–H and O–H groups in total. The number of carbonyl (C=O) groups is 1. The van der Waals surface area contributed by atoms with E-state index in [1.165, 1.54) is 12.0 Å². The summed E-state index contributed by atoms with van der Waals surface area (Å²) in [5, 5.41) is 13.1. The summed E-state index contributed by atoms with van der Waals surface area (Å²) >= 11 is 1.59. The minimum Gasteiger partial charge on any atom is -0.493 e. The van der Waals surface area contributed by atoms with Crippen molar-refractivity contribution in [1.29, 1.82) is 0 Å². The fourth-order valence-corrected chi connectivity index (χ4v) is 3.74. The third-order valence-corrected chi connectivity index (χ3v) is 5.62. The number of rotatable bonds is 9. The number of benzene rings is 2. The lowest BCUT2D eigenvalue weighted by Gasteiger charge is -2.22. The first-order chi connectivity index (χ1) is 15.3. The van der Waals surface area contributed by atoms with Gasteiger partial charge in [-0.2, -0.15) is 0 Å². The Hall–Kier alpha value is -3.66. The maximum atomic E-state index is 13.9. The number of carbonyl (C=O) groups excluding carboxylic acids is 1. The van der Waals surface area contributed by atoms with E-state index in [0.717, 1.165) is 16.5 Å². The summed E-state index contributed by atoms with van der Waals surface area (Å²) in [4.78, 5) is 25.8. The van der Waals surface area contributed by atoms with Gasteiger partial charge in [0.25, 0.3) is 11.6 Å². The molecule has 168 valence electrons. The van der Waals surface area contributed by atoms with Crippen molar-refractivity contribution in [3.8, 4) is 11.5 Å². The van der Waals surface area contributed by atoms with E-state index >= 15 is 0 Å². The number of hydrogen-bond donors (Lipinski definition) is 1. The highest BCUT2D eigenvalue weighted by Crippen LogP contribution is 2.31. The number of amides is 1. The number of nitrogens with zero attached hydrogens (tertiary/aromatic N) is 2. The Morgan fingerprint density at radius 2 is 2.03 bits per heavy atom. The molecule has 0 fully saturated rings. The third kappa shape index (κ3) is 5.14. The average molecular weight is 459 g/mol. The van der Waals surface area contributed by atoms with Crippen molar-refractivity contribution in [2.45, 2.75) is 20.1 Å². The van der Waals surface area contributed by atoms with Crippen LogP contribution in [0.4, 0.5) is 15.8 Å². The van der Waals surface area contributed by atoms with Crippen LogP contribution >= 0.6 is 11.3 Å². The average Bonchev–Trinajstić information content (AvgIpc) is 3.30. The van der Waals surface area contributed by atoms with Crippen LogP contribution in [-0.4, -0.2) is 29.4 Å². The van der Waals surface area contributed by atoms with Crippen LogP contribution in [0.25, 0.3) is 0 Å². The topological polar surface area (TPSA) is 108 Å². The van der Waals surface area contributed by atoms with Gasteiger partial charge in [0.05, 0.1) is 23.7 Å². The van der Waals surface area contributed by atoms with E-state index in [1.807, 2.05) is 17.5 Å². The van der Waals surface area contributed by atoms with Gasteiger partial charge in [-0.15, -0.1) is 11.3 Å². The fraction of sp³-hybridized carbons (Fsp3) is 0.227. The number of nitro benzene ring substituents is 1. The predicted molar refractivity (Wildman–Crippen MR) is 120 cm³/mol. The molecule has 0 saturated carbocycles. The predicted octanol–water partition coefficient (Wildman–Crippen LogP) is 4.63. The second-order valence-electron chi connectivity index (χ2n) is 6.82. The Balaban J connectivity index is 1.80. The first kappa shape index (κ1) is 23.0. The Bertz CT molecular complexity index is 1120. The molecule has 0 saturated heterocycles. The lowest BCUT2D eigenvalue weighted by Crippen LogP contribution is -2.31. The lowest BCUT2D eigenvalue weighted by atomic mass is 10.1. The molecule has 0 aliphatic carbocycles. The molecule has 0 aliphatic rings. The first-order valence-electron chi connectivity index (χ1n) is 9.68. The highest BCUT2D eigenvalue weighted by Gasteiger charge is 2.25. The van der Waals surface area contributed by atoms with E-state index in [2.05, 4.69) is 0 Å². The molecule has 0 unspecified atom stereocenters. The number of methoxy groups -OCH3 is 1. The number of nitrogen functional groups attached to an aromatic ring is 1. The zero-order valence-electron chi connectivity index (χ0n) is 17.5. The molecular formula is C22H22FN3O5S. The normalized spacial score (nSPS) is 10.6. The maximum Gasteiger partial charge on any atom is 0.295 e. The maximum absolute atomic E-state index is 13.9. The van der Waals surface area contributed by atoms with Crippen molar-refractivity contribution < 1.29 is 23.6 Å². The molecular weight excluding hydrogens is 437 g/mol.